The Morgan fingerprint density at radius 1 is 1.58 bits per heavy atom. The highest BCUT2D eigenvalue weighted by Gasteiger charge is 2.10. The van der Waals surface area contributed by atoms with Crippen LogP contribution in [-0.2, 0) is 10.0 Å². The lowest BCUT2D eigenvalue weighted by Gasteiger charge is -2.08. The van der Waals surface area contributed by atoms with Crippen molar-refractivity contribution in [3.8, 4) is 0 Å². The van der Waals surface area contributed by atoms with Gasteiger partial charge in [0.15, 0.2) is 0 Å². The van der Waals surface area contributed by atoms with Crippen LogP contribution in [0.4, 0.5) is 0 Å². The second-order valence-electron chi connectivity index (χ2n) is 3.00. The van der Waals surface area contributed by atoms with Crippen molar-refractivity contribution in [2.45, 2.75) is 20.3 Å². The van der Waals surface area contributed by atoms with Crippen LogP contribution < -0.4 is 10.9 Å². The van der Waals surface area contributed by atoms with Crippen LogP contribution in [-0.4, -0.2) is 14.2 Å². The molecule has 0 radical (unpaired) electrons. The molecule has 0 saturated carbocycles. The molecule has 0 aliphatic carbocycles. The Bertz CT molecular complexity index is 257. The summed E-state index contributed by atoms with van der Waals surface area (Å²) in [5.74, 6) is -0.0298. The summed E-state index contributed by atoms with van der Waals surface area (Å²) in [5.41, 5.74) is 6.22. The van der Waals surface area contributed by atoms with Crippen molar-refractivity contribution in [2.24, 2.45) is 16.8 Å². The summed E-state index contributed by atoms with van der Waals surface area (Å²) in [6.45, 7) is 3.62. The van der Waals surface area contributed by atoms with E-state index in [2.05, 4.69) is 0 Å². The maximum atomic E-state index is 10.6. The van der Waals surface area contributed by atoms with E-state index < -0.39 is 10.0 Å². The number of hydrogen-bond acceptors (Lipinski definition) is 3. The third-order valence-electron chi connectivity index (χ3n) is 1.47. The van der Waals surface area contributed by atoms with Crippen LogP contribution in [0.25, 0.3) is 0 Å². The Morgan fingerprint density at radius 3 is 2.42 bits per heavy atom. The van der Waals surface area contributed by atoms with Gasteiger partial charge in [-0.25, -0.2) is 13.6 Å². The average Bonchev–Trinajstić information content (AvgIpc) is 1.82. The van der Waals surface area contributed by atoms with E-state index in [-0.39, 0.29) is 11.7 Å². The van der Waals surface area contributed by atoms with E-state index in [0.717, 1.165) is 0 Å². The van der Waals surface area contributed by atoms with E-state index in [9.17, 15) is 8.42 Å². The van der Waals surface area contributed by atoms with E-state index in [1.807, 2.05) is 6.92 Å². The van der Waals surface area contributed by atoms with Gasteiger partial charge in [-0.3, -0.25) is 0 Å². The molecule has 0 aromatic heterocycles. The van der Waals surface area contributed by atoms with Crippen molar-refractivity contribution in [2.75, 3.05) is 5.75 Å². The van der Waals surface area contributed by atoms with Gasteiger partial charge in [0.1, 0.15) is 0 Å². The summed E-state index contributed by atoms with van der Waals surface area (Å²) in [7, 11) is -3.36. The first-order valence-corrected chi connectivity index (χ1v) is 5.48. The highest BCUT2D eigenvalue weighted by atomic mass is 32.2. The van der Waals surface area contributed by atoms with Gasteiger partial charge >= 0.3 is 0 Å². The highest BCUT2D eigenvalue weighted by molar-refractivity contribution is 7.89. The number of rotatable bonds is 4. The lowest BCUT2D eigenvalue weighted by molar-refractivity contribution is 0.569. The van der Waals surface area contributed by atoms with Gasteiger partial charge in [-0.15, -0.1) is 0 Å². The van der Waals surface area contributed by atoms with Crippen LogP contribution in [0.3, 0.4) is 0 Å². The van der Waals surface area contributed by atoms with Gasteiger partial charge in [-0.1, -0.05) is 13.0 Å². The van der Waals surface area contributed by atoms with E-state index in [4.69, 9.17) is 10.9 Å². The van der Waals surface area contributed by atoms with Crippen LogP contribution in [0.15, 0.2) is 11.8 Å². The number of allylic oxidation sites excluding steroid dienone is 2. The molecule has 1 atom stereocenters. The molecule has 0 amide bonds. The van der Waals surface area contributed by atoms with Gasteiger partial charge in [-0.2, -0.15) is 0 Å². The first-order valence-electron chi connectivity index (χ1n) is 3.76. The molecule has 0 fully saturated rings. The molecule has 0 bridgehead atoms. The molecule has 4 N–H and O–H groups in total. The summed E-state index contributed by atoms with van der Waals surface area (Å²) in [6, 6.07) is 0. The van der Waals surface area contributed by atoms with Crippen LogP contribution in [0, 0.1) is 5.92 Å². The SMILES string of the molecule is C/C=C(/N)CC(C)CS(N)(=O)=O. The minimum absolute atomic E-state index is 0.0124. The first-order chi connectivity index (χ1) is 5.35. The molecular formula is C7H16N2O2S. The maximum Gasteiger partial charge on any atom is 0.209 e. The molecule has 0 aromatic rings. The fourth-order valence-corrected chi connectivity index (χ4v) is 1.89. The summed E-state index contributed by atoms with van der Waals surface area (Å²) in [4.78, 5) is 0. The van der Waals surface area contributed by atoms with E-state index in [0.29, 0.717) is 12.1 Å². The van der Waals surface area contributed by atoms with Crippen LogP contribution in [0.5, 0.6) is 0 Å². The van der Waals surface area contributed by atoms with Gasteiger partial charge in [0.2, 0.25) is 10.0 Å². The van der Waals surface area contributed by atoms with Gasteiger partial charge in [-0.05, 0) is 19.3 Å². The predicted octanol–water partition coefficient (Wildman–Crippen LogP) is 0.164. The van der Waals surface area contributed by atoms with Crippen LogP contribution in [0.2, 0.25) is 0 Å². The third kappa shape index (κ3) is 6.18. The molecule has 0 heterocycles. The molecule has 0 spiro atoms. The minimum Gasteiger partial charge on any atom is -0.402 e. The fourth-order valence-electron chi connectivity index (χ4n) is 0.976. The molecule has 0 aliphatic heterocycles. The number of hydrogen-bond donors (Lipinski definition) is 2. The van der Waals surface area contributed by atoms with E-state index in [1.165, 1.54) is 0 Å². The quantitative estimate of drug-likeness (QED) is 0.665. The van der Waals surface area contributed by atoms with Crippen molar-refractivity contribution in [3.05, 3.63) is 11.8 Å². The van der Waals surface area contributed by atoms with Gasteiger partial charge in [0, 0.05) is 5.70 Å². The Balaban J connectivity index is 4.00. The average molecular weight is 192 g/mol. The van der Waals surface area contributed by atoms with Crippen molar-refractivity contribution < 1.29 is 8.42 Å². The summed E-state index contributed by atoms with van der Waals surface area (Å²) in [5, 5.41) is 4.87. The standard InChI is InChI=1S/C7H16N2O2S/c1-3-7(8)4-6(2)5-12(9,10)11/h3,6H,4-5,8H2,1-2H3,(H2,9,10,11)/b7-3+. The Hall–Kier alpha value is -0.550. The predicted molar refractivity (Wildman–Crippen MR) is 49.7 cm³/mol. The molecule has 5 heteroatoms. The Labute approximate surface area is 73.7 Å². The molecule has 0 saturated heterocycles. The van der Waals surface area contributed by atoms with E-state index >= 15 is 0 Å². The van der Waals surface area contributed by atoms with Gasteiger partial charge in [0.25, 0.3) is 0 Å². The van der Waals surface area contributed by atoms with Crippen molar-refractivity contribution in [3.63, 3.8) is 0 Å². The van der Waals surface area contributed by atoms with E-state index in [1.54, 1.807) is 13.0 Å². The summed E-state index contributed by atoms with van der Waals surface area (Å²) in [6.07, 6.45) is 2.34. The zero-order valence-electron chi connectivity index (χ0n) is 7.45. The van der Waals surface area contributed by atoms with Crippen LogP contribution in [0.1, 0.15) is 20.3 Å². The van der Waals surface area contributed by atoms with Crippen LogP contribution >= 0.6 is 0 Å². The maximum absolute atomic E-state index is 10.6. The molecule has 0 aromatic carbocycles. The largest absolute Gasteiger partial charge is 0.402 e. The second kappa shape index (κ2) is 4.47. The van der Waals surface area contributed by atoms with Crippen molar-refractivity contribution >= 4 is 10.0 Å². The molecule has 12 heavy (non-hydrogen) atoms. The Morgan fingerprint density at radius 2 is 2.08 bits per heavy atom. The summed E-state index contributed by atoms with van der Waals surface area (Å²) < 4.78 is 21.3. The zero-order chi connectivity index (χ0) is 9.78. The molecule has 1 unspecified atom stereocenters. The third-order valence-corrected chi connectivity index (χ3v) is 2.51. The first kappa shape index (κ1) is 11.4. The molecule has 72 valence electrons. The summed E-state index contributed by atoms with van der Waals surface area (Å²) >= 11 is 0. The molecular weight excluding hydrogens is 176 g/mol. The number of primary sulfonamides is 1. The van der Waals surface area contributed by atoms with Crippen molar-refractivity contribution in [1.82, 2.24) is 0 Å². The topological polar surface area (TPSA) is 86.2 Å². The Kier molecular flexibility index (Phi) is 4.26. The molecule has 0 rings (SSSR count). The van der Waals surface area contributed by atoms with Gasteiger partial charge in [0.05, 0.1) is 5.75 Å². The molecule has 0 aliphatic rings. The van der Waals surface area contributed by atoms with Gasteiger partial charge < -0.3 is 5.73 Å². The minimum atomic E-state index is -3.36. The normalized spacial score (nSPS) is 16.1. The number of sulfonamides is 1. The molecule has 4 nitrogen and oxygen atoms in total. The number of nitrogens with two attached hydrogens (primary N) is 2. The zero-order valence-corrected chi connectivity index (χ0v) is 8.26. The monoisotopic (exact) mass is 192 g/mol. The fraction of sp³-hybridized carbons (Fsp3) is 0.714. The highest BCUT2D eigenvalue weighted by Crippen LogP contribution is 2.08. The van der Waals surface area contributed by atoms with Crippen molar-refractivity contribution in [1.29, 1.82) is 0 Å². The smallest absolute Gasteiger partial charge is 0.209 e. The lowest BCUT2D eigenvalue weighted by atomic mass is 10.1. The lowest BCUT2D eigenvalue weighted by Crippen LogP contribution is -2.22. The second-order valence-corrected chi connectivity index (χ2v) is 4.66.